The Bertz CT molecular complexity index is 1330. The summed E-state index contributed by atoms with van der Waals surface area (Å²) in [7, 11) is 0. The minimum atomic E-state index is -0.795. The maximum absolute atomic E-state index is 14.4. The highest BCUT2D eigenvalue weighted by Crippen LogP contribution is 2.66. The molecule has 2 aromatic carbocycles. The van der Waals surface area contributed by atoms with E-state index in [2.05, 4.69) is 29.4 Å². The molecule has 5 rings (SSSR count). The van der Waals surface area contributed by atoms with Gasteiger partial charge in [0.15, 0.2) is 0 Å². The molecule has 3 aliphatic heterocycles. The predicted octanol–water partition coefficient (Wildman–Crippen LogP) is 5.01. The minimum absolute atomic E-state index is 0.0601. The van der Waals surface area contributed by atoms with Crippen molar-refractivity contribution in [3.05, 3.63) is 48.5 Å². The van der Waals surface area contributed by atoms with Crippen molar-refractivity contribution in [2.45, 2.75) is 76.0 Å². The second-order valence-corrected chi connectivity index (χ2v) is 14.0. The molecule has 3 heterocycles. The summed E-state index contributed by atoms with van der Waals surface area (Å²) < 4.78 is 4.79. The molecule has 3 aliphatic rings. The molecule has 6 atom stereocenters. The van der Waals surface area contributed by atoms with Gasteiger partial charge in [-0.15, -0.1) is 11.8 Å². The molecule has 9 nitrogen and oxygen atoms in total. The molecule has 2 unspecified atom stereocenters. The van der Waals surface area contributed by atoms with Crippen molar-refractivity contribution < 1.29 is 24.2 Å². The van der Waals surface area contributed by atoms with Crippen molar-refractivity contribution in [1.29, 1.82) is 0 Å². The van der Waals surface area contributed by atoms with Gasteiger partial charge in [-0.3, -0.25) is 14.4 Å². The number of benzene rings is 2. The van der Waals surface area contributed by atoms with E-state index < -0.39 is 28.7 Å². The highest BCUT2D eigenvalue weighted by atomic mass is 32.2. The number of thioether (sulfide) groups is 1. The van der Waals surface area contributed by atoms with E-state index in [-0.39, 0.29) is 35.5 Å². The van der Waals surface area contributed by atoms with E-state index in [9.17, 15) is 19.5 Å². The zero-order valence-corrected chi connectivity index (χ0v) is 27.2. The van der Waals surface area contributed by atoms with Crippen LogP contribution in [0.1, 0.15) is 53.9 Å². The van der Waals surface area contributed by atoms with Crippen molar-refractivity contribution in [3.63, 3.8) is 0 Å². The molecule has 3 saturated heterocycles. The van der Waals surface area contributed by atoms with E-state index in [0.717, 1.165) is 30.9 Å². The molecule has 0 aromatic heterocycles. The van der Waals surface area contributed by atoms with Crippen LogP contribution in [-0.4, -0.2) is 76.1 Å². The minimum Gasteiger partial charge on any atom is -0.494 e. The van der Waals surface area contributed by atoms with Gasteiger partial charge in [0.25, 0.3) is 0 Å². The number of fused-ring (bicyclic) bond motifs is 1. The maximum Gasteiger partial charge on any atom is 0.248 e. The molecule has 2 aromatic rings. The molecule has 0 radical (unpaired) electrons. The smallest absolute Gasteiger partial charge is 0.248 e. The van der Waals surface area contributed by atoms with Gasteiger partial charge < -0.3 is 30.3 Å². The number of aliphatic hydroxyl groups is 1. The molecule has 1 spiro atoms. The fourth-order valence-electron chi connectivity index (χ4n) is 7.49. The molecule has 0 aliphatic carbocycles. The molecular formula is C34H46N4O5S. The first-order valence-corrected chi connectivity index (χ1v) is 16.9. The molecule has 10 heteroatoms. The number of anilines is 3. The molecular weight excluding hydrogens is 576 g/mol. The van der Waals surface area contributed by atoms with E-state index in [1.807, 2.05) is 57.2 Å². The van der Waals surface area contributed by atoms with Crippen LogP contribution < -0.4 is 20.3 Å². The lowest BCUT2D eigenvalue weighted by Crippen LogP contribution is -2.55. The van der Waals surface area contributed by atoms with E-state index in [0.29, 0.717) is 30.8 Å². The topological polar surface area (TPSA) is 111 Å². The van der Waals surface area contributed by atoms with Gasteiger partial charge in [0.05, 0.1) is 35.8 Å². The Morgan fingerprint density at radius 1 is 1.02 bits per heavy atom. The zero-order chi connectivity index (χ0) is 31.6. The molecule has 238 valence electrons. The summed E-state index contributed by atoms with van der Waals surface area (Å²) in [4.78, 5) is 46.4. The van der Waals surface area contributed by atoms with E-state index in [1.165, 1.54) is 0 Å². The number of aliphatic hydroxyl groups excluding tert-OH is 1. The number of hydrogen-bond donors (Lipinski definition) is 3. The van der Waals surface area contributed by atoms with Gasteiger partial charge in [0.2, 0.25) is 17.7 Å². The average molecular weight is 623 g/mol. The summed E-state index contributed by atoms with van der Waals surface area (Å²) in [5.74, 6) is -0.960. The monoisotopic (exact) mass is 622 g/mol. The van der Waals surface area contributed by atoms with Crippen LogP contribution in [0.3, 0.4) is 0 Å². The number of nitrogens with one attached hydrogen (secondary N) is 2. The van der Waals surface area contributed by atoms with Crippen molar-refractivity contribution in [2.24, 2.45) is 17.8 Å². The highest BCUT2D eigenvalue weighted by molar-refractivity contribution is 8.02. The highest BCUT2D eigenvalue weighted by Gasteiger charge is 2.74. The number of carbonyl (C=O) groups is 3. The average Bonchev–Trinajstić information content (AvgIpc) is 3.65. The summed E-state index contributed by atoms with van der Waals surface area (Å²) >= 11 is 1.63. The van der Waals surface area contributed by atoms with Gasteiger partial charge in [-0.1, -0.05) is 13.8 Å². The first kappa shape index (κ1) is 32.2. The SMILES string of the molecule is CCOc1ccc(NC(=O)[C@@H]2[C@@H]3CCC4(S3)C(C(=O)Nc3ccc(N(CC)CC)cc3)N([C@@H](CO)CC(C)C)C(=O)[C@H]24)cc1. The third-order valence-electron chi connectivity index (χ3n) is 9.33. The Kier molecular flexibility index (Phi) is 9.80. The standard InChI is InChI=1S/C34H46N4O5S/c1-6-37(7-2)24-13-9-22(10-14-24)36-32(41)30-34-18-17-27(44-34)28(29(34)33(42)38(30)25(20-39)19-21(4)5)31(40)35-23-11-15-26(16-12-23)43-8-3/h9-16,21,25,27-30,39H,6-8,17-20H2,1-5H3,(H,35,40)(H,36,41)/t25-,27+,28-,29+,30?,34?/m1/s1. The first-order valence-electron chi connectivity index (χ1n) is 16.0. The van der Waals surface area contributed by atoms with Crippen molar-refractivity contribution in [1.82, 2.24) is 4.90 Å². The van der Waals surface area contributed by atoms with Gasteiger partial charge in [-0.2, -0.15) is 0 Å². The first-order chi connectivity index (χ1) is 21.2. The lowest BCUT2D eigenvalue weighted by Gasteiger charge is -2.37. The fourth-order valence-corrected chi connectivity index (χ4v) is 9.69. The number of rotatable bonds is 13. The number of carbonyl (C=O) groups excluding carboxylic acids is 3. The molecule has 3 N–H and O–H groups in total. The molecule has 3 amide bonds. The molecule has 3 fully saturated rings. The van der Waals surface area contributed by atoms with Crippen molar-refractivity contribution >= 4 is 46.5 Å². The second-order valence-electron chi connectivity index (χ2n) is 12.4. The number of likely N-dealkylation sites (tertiary alicyclic amines) is 1. The van der Waals surface area contributed by atoms with E-state index >= 15 is 0 Å². The van der Waals surface area contributed by atoms with Crippen molar-refractivity contribution in [2.75, 3.05) is 41.8 Å². The van der Waals surface area contributed by atoms with Crippen LogP contribution >= 0.6 is 11.8 Å². The zero-order valence-electron chi connectivity index (χ0n) is 26.4. The Labute approximate surface area is 265 Å². The second kappa shape index (κ2) is 13.4. The lowest BCUT2D eigenvalue weighted by atomic mass is 9.70. The van der Waals surface area contributed by atoms with Crippen LogP contribution in [0.4, 0.5) is 17.1 Å². The number of nitrogens with zero attached hydrogens (tertiary/aromatic N) is 2. The summed E-state index contributed by atoms with van der Waals surface area (Å²) in [6.07, 6.45) is 1.98. The molecule has 0 saturated carbocycles. The summed E-state index contributed by atoms with van der Waals surface area (Å²) in [5, 5.41) is 16.6. The summed E-state index contributed by atoms with van der Waals surface area (Å²) in [5.41, 5.74) is 2.37. The van der Waals surface area contributed by atoms with Crippen molar-refractivity contribution in [3.8, 4) is 5.75 Å². The molecule has 44 heavy (non-hydrogen) atoms. The van der Waals surface area contributed by atoms with Gasteiger partial charge in [-0.25, -0.2) is 0 Å². The quantitative estimate of drug-likeness (QED) is 0.288. The van der Waals surface area contributed by atoms with Crippen LogP contribution in [0.15, 0.2) is 48.5 Å². The van der Waals surface area contributed by atoms with Gasteiger partial charge in [-0.05, 0) is 94.5 Å². The van der Waals surface area contributed by atoms with Crippen LogP contribution in [0.5, 0.6) is 5.75 Å². The van der Waals surface area contributed by atoms with Crippen LogP contribution in [0.25, 0.3) is 0 Å². The number of hydrogen-bond acceptors (Lipinski definition) is 7. The van der Waals surface area contributed by atoms with Crippen LogP contribution in [-0.2, 0) is 14.4 Å². The number of amides is 3. The summed E-state index contributed by atoms with van der Waals surface area (Å²) in [6.45, 7) is 12.3. The lowest BCUT2D eigenvalue weighted by molar-refractivity contribution is -0.141. The number of ether oxygens (including phenoxy) is 1. The fraction of sp³-hybridized carbons (Fsp3) is 0.559. The Balaban J connectivity index is 1.44. The van der Waals surface area contributed by atoms with Gasteiger partial charge >= 0.3 is 0 Å². The predicted molar refractivity (Wildman–Crippen MR) is 176 cm³/mol. The Hall–Kier alpha value is -3.24. The third-order valence-corrected chi connectivity index (χ3v) is 11.3. The third kappa shape index (κ3) is 5.90. The summed E-state index contributed by atoms with van der Waals surface area (Å²) in [6, 6.07) is 13.7. The Morgan fingerprint density at radius 2 is 1.64 bits per heavy atom. The van der Waals surface area contributed by atoms with Gasteiger partial charge in [0.1, 0.15) is 11.8 Å². The van der Waals surface area contributed by atoms with Crippen LogP contribution in [0.2, 0.25) is 0 Å². The molecule has 2 bridgehead atoms. The van der Waals surface area contributed by atoms with E-state index in [4.69, 9.17) is 4.74 Å². The van der Waals surface area contributed by atoms with Gasteiger partial charge in [0, 0.05) is 35.4 Å². The van der Waals surface area contributed by atoms with E-state index in [1.54, 1.807) is 28.8 Å². The van der Waals surface area contributed by atoms with Crippen LogP contribution in [0, 0.1) is 17.8 Å². The normalized spacial score (nSPS) is 26.1. The Morgan fingerprint density at radius 3 is 2.20 bits per heavy atom. The maximum atomic E-state index is 14.4. The largest absolute Gasteiger partial charge is 0.494 e.